The Hall–Kier alpha value is -2.82. The molecular weight excluding hydrogens is 304 g/mol. The molecule has 0 fully saturated rings. The molecule has 2 aromatic rings. The van der Waals surface area contributed by atoms with Gasteiger partial charge in [0.05, 0.1) is 0 Å². The van der Waals surface area contributed by atoms with Gasteiger partial charge in [-0.2, -0.15) is 0 Å². The van der Waals surface area contributed by atoms with Crippen molar-refractivity contribution in [3.63, 3.8) is 0 Å². The van der Waals surface area contributed by atoms with E-state index < -0.39 is 6.09 Å². The zero-order valence-electron chi connectivity index (χ0n) is 14.2. The van der Waals surface area contributed by atoms with Crippen LogP contribution in [0.3, 0.4) is 0 Å². The van der Waals surface area contributed by atoms with Crippen LogP contribution in [0.5, 0.6) is 0 Å². The molecule has 1 N–H and O–H groups in total. The zero-order chi connectivity index (χ0) is 17.5. The number of hydrogen-bond donors (Lipinski definition) is 1. The van der Waals surface area contributed by atoms with Gasteiger partial charge in [-0.15, -0.1) is 0 Å². The summed E-state index contributed by atoms with van der Waals surface area (Å²) in [5, 5.41) is 2.81. The number of anilines is 1. The summed E-state index contributed by atoms with van der Waals surface area (Å²) in [6.45, 7) is 4.04. The number of aryl methyl sites for hydroxylation is 2. The quantitative estimate of drug-likeness (QED) is 0.915. The first kappa shape index (κ1) is 17.5. The molecule has 126 valence electrons. The van der Waals surface area contributed by atoms with Crippen molar-refractivity contribution in [2.75, 3.05) is 18.9 Å². The van der Waals surface area contributed by atoms with Crippen molar-refractivity contribution in [2.45, 2.75) is 20.5 Å². The lowest BCUT2D eigenvalue weighted by Gasteiger charge is -2.17. The third kappa shape index (κ3) is 5.12. The summed E-state index contributed by atoms with van der Waals surface area (Å²) in [7, 11) is 1.54. The summed E-state index contributed by atoms with van der Waals surface area (Å²) in [5.74, 6) is -0.263. The van der Waals surface area contributed by atoms with Gasteiger partial charge in [0, 0.05) is 12.7 Å². The van der Waals surface area contributed by atoms with Crippen molar-refractivity contribution in [2.24, 2.45) is 0 Å². The number of hydrogen-bond acceptors (Lipinski definition) is 3. The number of amides is 2. The van der Waals surface area contributed by atoms with E-state index in [9.17, 15) is 9.59 Å². The molecule has 0 saturated carbocycles. The van der Waals surface area contributed by atoms with E-state index in [2.05, 4.69) is 5.32 Å². The molecule has 0 aliphatic heterocycles. The van der Waals surface area contributed by atoms with Crippen LogP contribution in [0.4, 0.5) is 10.5 Å². The topological polar surface area (TPSA) is 58.6 Å². The van der Waals surface area contributed by atoms with Crippen LogP contribution in [0.15, 0.2) is 48.5 Å². The lowest BCUT2D eigenvalue weighted by atomic mass is 10.1. The second-order valence-corrected chi connectivity index (χ2v) is 5.76. The van der Waals surface area contributed by atoms with Crippen LogP contribution < -0.4 is 5.32 Å². The van der Waals surface area contributed by atoms with Gasteiger partial charge in [0.15, 0.2) is 0 Å². The Labute approximate surface area is 142 Å². The molecule has 24 heavy (non-hydrogen) atoms. The molecule has 2 rings (SSSR count). The van der Waals surface area contributed by atoms with Crippen molar-refractivity contribution in [3.05, 3.63) is 65.2 Å². The predicted octanol–water partition coefficient (Wildman–Crippen LogP) is 3.51. The van der Waals surface area contributed by atoms with Crippen molar-refractivity contribution >= 4 is 17.7 Å². The standard InChI is InChI=1S/C19H22N2O3/c1-14-9-10-17(15(2)11-14)20-18(22)12-21(3)19(23)24-13-16-7-5-4-6-8-16/h4-11H,12-13H2,1-3H3,(H,20,22). The number of benzene rings is 2. The zero-order valence-corrected chi connectivity index (χ0v) is 14.2. The van der Waals surface area contributed by atoms with Gasteiger partial charge in [0.25, 0.3) is 0 Å². The van der Waals surface area contributed by atoms with E-state index in [-0.39, 0.29) is 19.1 Å². The minimum atomic E-state index is -0.533. The number of nitrogens with one attached hydrogen (secondary N) is 1. The van der Waals surface area contributed by atoms with Gasteiger partial charge in [0.2, 0.25) is 5.91 Å². The normalized spacial score (nSPS) is 10.1. The Kier molecular flexibility index (Phi) is 5.95. The molecule has 2 aromatic carbocycles. The van der Waals surface area contributed by atoms with E-state index in [0.717, 1.165) is 22.4 Å². The van der Waals surface area contributed by atoms with Crippen LogP contribution >= 0.6 is 0 Å². The molecule has 2 amide bonds. The Morgan fingerprint density at radius 1 is 1.08 bits per heavy atom. The third-order valence-electron chi connectivity index (χ3n) is 3.55. The summed E-state index contributed by atoms with van der Waals surface area (Å²) < 4.78 is 5.19. The van der Waals surface area contributed by atoms with Gasteiger partial charge in [0.1, 0.15) is 13.2 Å². The second-order valence-electron chi connectivity index (χ2n) is 5.76. The highest BCUT2D eigenvalue weighted by atomic mass is 16.6. The molecule has 0 aliphatic rings. The molecule has 0 atom stereocenters. The van der Waals surface area contributed by atoms with Gasteiger partial charge in [-0.05, 0) is 31.0 Å². The minimum absolute atomic E-state index is 0.0685. The Morgan fingerprint density at radius 2 is 1.79 bits per heavy atom. The fourth-order valence-electron chi connectivity index (χ4n) is 2.25. The van der Waals surface area contributed by atoms with Crippen LogP contribution in [0.2, 0.25) is 0 Å². The van der Waals surface area contributed by atoms with Gasteiger partial charge >= 0.3 is 6.09 Å². The highest BCUT2D eigenvalue weighted by Gasteiger charge is 2.15. The molecule has 0 heterocycles. The molecule has 5 nitrogen and oxygen atoms in total. The number of carbonyl (C=O) groups excluding carboxylic acids is 2. The average Bonchev–Trinajstić information content (AvgIpc) is 2.56. The maximum atomic E-state index is 12.1. The van der Waals surface area contributed by atoms with Crippen molar-refractivity contribution in [1.29, 1.82) is 0 Å². The molecule has 5 heteroatoms. The lowest BCUT2D eigenvalue weighted by Crippen LogP contribution is -2.35. The summed E-state index contributed by atoms with van der Waals surface area (Å²) in [6.07, 6.45) is -0.533. The largest absolute Gasteiger partial charge is 0.445 e. The van der Waals surface area contributed by atoms with Crippen LogP contribution in [0.1, 0.15) is 16.7 Å². The number of likely N-dealkylation sites (N-methyl/N-ethyl adjacent to an activating group) is 1. The SMILES string of the molecule is Cc1ccc(NC(=O)CN(C)C(=O)OCc2ccccc2)c(C)c1. The lowest BCUT2D eigenvalue weighted by molar-refractivity contribution is -0.116. The maximum Gasteiger partial charge on any atom is 0.410 e. The molecule has 0 unspecified atom stereocenters. The maximum absolute atomic E-state index is 12.1. The van der Waals surface area contributed by atoms with Crippen molar-refractivity contribution in [3.8, 4) is 0 Å². The number of carbonyl (C=O) groups is 2. The molecule has 0 aliphatic carbocycles. The van der Waals surface area contributed by atoms with Gasteiger partial charge in [-0.3, -0.25) is 4.79 Å². The van der Waals surface area contributed by atoms with Gasteiger partial charge in [-0.1, -0.05) is 48.0 Å². The summed E-state index contributed by atoms with van der Waals surface area (Å²) >= 11 is 0. The molecule has 0 bridgehead atoms. The summed E-state index contributed by atoms with van der Waals surface area (Å²) in [4.78, 5) is 25.3. The van der Waals surface area contributed by atoms with Gasteiger partial charge in [-0.25, -0.2) is 4.79 Å². The number of nitrogens with zero attached hydrogens (tertiary/aromatic N) is 1. The average molecular weight is 326 g/mol. The van der Waals surface area contributed by atoms with E-state index in [0.29, 0.717) is 0 Å². The van der Waals surface area contributed by atoms with Crippen molar-refractivity contribution < 1.29 is 14.3 Å². The fraction of sp³-hybridized carbons (Fsp3) is 0.263. The Morgan fingerprint density at radius 3 is 2.46 bits per heavy atom. The van der Waals surface area contributed by atoms with Crippen LogP contribution in [-0.2, 0) is 16.1 Å². The molecular formula is C19H22N2O3. The summed E-state index contributed by atoms with van der Waals surface area (Å²) in [5.41, 5.74) is 3.76. The molecule has 0 radical (unpaired) electrons. The monoisotopic (exact) mass is 326 g/mol. The minimum Gasteiger partial charge on any atom is -0.445 e. The van der Waals surface area contributed by atoms with E-state index in [1.54, 1.807) is 0 Å². The van der Waals surface area contributed by atoms with E-state index in [1.165, 1.54) is 11.9 Å². The number of ether oxygens (including phenoxy) is 1. The first-order chi connectivity index (χ1) is 11.5. The van der Waals surface area contributed by atoms with E-state index in [4.69, 9.17) is 4.74 Å². The highest BCUT2D eigenvalue weighted by molar-refractivity contribution is 5.94. The van der Waals surface area contributed by atoms with Gasteiger partial charge < -0.3 is 15.0 Å². The molecule has 0 saturated heterocycles. The first-order valence-electron chi connectivity index (χ1n) is 7.74. The summed E-state index contributed by atoms with van der Waals surface area (Å²) in [6, 6.07) is 15.2. The smallest absolute Gasteiger partial charge is 0.410 e. The molecule has 0 spiro atoms. The van der Waals surface area contributed by atoms with Crippen LogP contribution in [0.25, 0.3) is 0 Å². The van der Waals surface area contributed by atoms with Crippen LogP contribution in [0, 0.1) is 13.8 Å². The molecule has 0 aromatic heterocycles. The Bertz CT molecular complexity index is 714. The van der Waals surface area contributed by atoms with Crippen molar-refractivity contribution in [1.82, 2.24) is 4.90 Å². The highest BCUT2D eigenvalue weighted by Crippen LogP contribution is 2.15. The van der Waals surface area contributed by atoms with E-state index >= 15 is 0 Å². The first-order valence-corrected chi connectivity index (χ1v) is 7.74. The Balaban J connectivity index is 1.83. The second kappa shape index (κ2) is 8.15. The van der Waals surface area contributed by atoms with Crippen LogP contribution in [-0.4, -0.2) is 30.5 Å². The van der Waals surface area contributed by atoms with E-state index in [1.807, 2.05) is 62.4 Å². The predicted molar refractivity (Wildman–Crippen MR) is 93.8 cm³/mol. The third-order valence-corrected chi connectivity index (χ3v) is 3.55. The number of rotatable bonds is 5. The fourth-order valence-corrected chi connectivity index (χ4v) is 2.25.